The van der Waals surface area contributed by atoms with Crippen molar-refractivity contribution >= 4 is 33.1 Å². The molecule has 35 heavy (non-hydrogen) atoms. The summed E-state index contributed by atoms with van der Waals surface area (Å²) in [7, 11) is -4.37. The molecule has 1 aliphatic heterocycles. The van der Waals surface area contributed by atoms with Crippen molar-refractivity contribution in [2.45, 2.75) is 43.4 Å². The Morgan fingerprint density at radius 3 is 2.66 bits per heavy atom. The van der Waals surface area contributed by atoms with Crippen LogP contribution in [0.5, 0.6) is 5.75 Å². The summed E-state index contributed by atoms with van der Waals surface area (Å²) in [6.45, 7) is -0.450. The second-order valence-electron chi connectivity index (χ2n) is 8.31. The van der Waals surface area contributed by atoms with E-state index in [1.165, 1.54) is 41.5 Å². The molecule has 1 saturated carbocycles. The van der Waals surface area contributed by atoms with Gasteiger partial charge in [0.2, 0.25) is 0 Å². The van der Waals surface area contributed by atoms with E-state index in [1.807, 2.05) is 0 Å². The van der Waals surface area contributed by atoms with Gasteiger partial charge >= 0.3 is 10.2 Å². The second kappa shape index (κ2) is 9.01. The van der Waals surface area contributed by atoms with E-state index in [-0.39, 0.29) is 11.3 Å². The van der Waals surface area contributed by atoms with Crippen LogP contribution in [0.3, 0.4) is 0 Å². The van der Waals surface area contributed by atoms with Crippen LogP contribution in [0.1, 0.15) is 29.4 Å². The number of phenolic OH excluding ortho intramolecular Hbond substituents is 1. The summed E-state index contributed by atoms with van der Waals surface area (Å²) in [4.78, 5) is 24.9. The highest BCUT2D eigenvalue weighted by Crippen LogP contribution is 2.33. The topological polar surface area (TPSA) is 201 Å². The first kappa shape index (κ1) is 23.4. The number of nitrogens with one attached hydrogen (secondary N) is 3. The maximum Gasteiger partial charge on any atom is 0.301 e. The number of aliphatic hydroxyl groups excluding tert-OH is 2. The number of aliphatic hydroxyl groups is 2. The van der Waals surface area contributed by atoms with Gasteiger partial charge in [-0.1, -0.05) is 12.1 Å². The molecule has 2 aliphatic rings. The molecule has 1 aliphatic carbocycles. The van der Waals surface area contributed by atoms with Gasteiger partial charge in [-0.15, -0.1) is 0 Å². The molecule has 5 rings (SSSR count). The number of rotatable bonds is 8. The maximum atomic E-state index is 12.3. The van der Waals surface area contributed by atoms with Crippen molar-refractivity contribution < 1.29 is 33.3 Å². The molecule has 0 unspecified atom stereocenters. The lowest BCUT2D eigenvalue weighted by molar-refractivity contribution is -0.0330. The predicted octanol–water partition coefficient (Wildman–Crippen LogP) is -1.01. The lowest BCUT2D eigenvalue weighted by Crippen LogP contribution is -2.45. The standard InChI is InChI=1S/C20H23N7O7S/c28-12-4-2-1-3-11(12)19(31)26-35(32,33)24-7-13-15(29)16(30)20(34-13)27-9-23-14-17(25-10-5-6-10)21-8-22-18(14)27/h1-4,8-10,13,15-16,20,24,28-30H,5-7H2,(H,26,31)(H,21,22,25)/t13-,15-,16-,20-/m1/s1. The number of imidazole rings is 1. The third-order valence-electron chi connectivity index (χ3n) is 5.74. The van der Waals surface area contributed by atoms with Crippen LogP contribution >= 0.6 is 0 Å². The van der Waals surface area contributed by atoms with Crippen LogP contribution in [0, 0.1) is 0 Å². The Morgan fingerprint density at radius 1 is 1.14 bits per heavy atom. The number of anilines is 1. The van der Waals surface area contributed by atoms with Gasteiger partial charge in [0.1, 0.15) is 30.4 Å². The molecular formula is C20H23N7O7S. The van der Waals surface area contributed by atoms with Crippen molar-refractivity contribution in [2.75, 3.05) is 11.9 Å². The van der Waals surface area contributed by atoms with Gasteiger partial charge in [0, 0.05) is 12.6 Å². The van der Waals surface area contributed by atoms with Crippen molar-refractivity contribution in [1.29, 1.82) is 0 Å². The molecule has 1 saturated heterocycles. The highest BCUT2D eigenvalue weighted by atomic mass is 32.2. The predicted molar refractivity (Wildman–Crippen MR) is 120 cm³/mol. The molecule has 15 heteroatoms. The van der Waals surface area contributed by atoms with Gasteiger partial charge in [0.05, 0.1) is 11.9 Å². The smallest absolute Gasteiger partial charge is 0.301 e. The van der Waals surface area contributed by atoms with Gasteiger partial charge in [0.15, 0.2) is 23.2 Å². The van der Waals surface area contributed by atoms with E-state index in [0.717, 1.165) is 12.8 Å². The highest BCUT2D eigenvalue weighted by molar-refractivity contribution is 7.88. The molecule has 2 fully saturated rings. The van der Waals surface area contributed by atoms with E-state index in [2.05, 4.69) is 25.0 Å². The maximum absolute atomic E-state index is 12.3. The van der Waals surface area contributed by atoms with Crippen molar-refractivity contribution in [2.24, 2.45) is 0 Å². The number of hydrogen-bond acceptors (Lipinski definition) is 11. The minimum Gasteiger partial charge on any atom is -0.507 e. The zero-order valence-corrected chi connectivity index (χ0v) is 19.0. The number of ether oxygens (including phenoxy) is 1. The Hall–Kier alpha value is -3.37. The number of carbonyl (C=O) groups is 1. The summed E-state index contributed by atoms with van der Waals surface area (Å²) in [5.74, 6) is -0.872. The summed E-state index contributed by atoms with van der Waals surface area (Å²) >= 11 is 0. The number of fused-ring (bicyclic) bond motifs is 1. The van der Waals surface area contributed by atoms with E-state index in [4.69, 9.17) is 4.74 Å². The van der Waals surface area contributed by atoms with Crippen molar-refractivity contribution in [1.82, 2.24) is 29.0 Å². The largest absolute Gasteiger partial charge is 0.507 e. The Balaban J connectivity index is 1.26. The fraction of sp³-hybridized carbons (Fsp3) is 0.400. The van der Waals surface area contributed by atoms with Crippen LogP contribution in [-0.4, -0.2) is 80.1 Å². The van der Waals surface area contributed by atoms with E-state index < -0.39 is 47.2 Å². The molecule has 14 nitrogen and oxygen atoms in total. The lowest BCUT2D eigenvalue weighted by Gasteiger charge is -2.17. The van der Waals surface area contributed by atoms with Crippen molar-refractivity contribution in [3.63, 3.8) is 0 Å². The monoisotopic (exact) mass is 505 g/mol. The highest BCUT2D eigenvalue weighted by Gasteiger charge is 2.44. The van der Waals surface area contributed by atoms with E-state index in [0.29, 0.717) is 23.0 Å². The summed E-state index contributed by atoms with van der Waals surface area (Å²) in [5.41, 5.74) is 0.617. The number of phenols is 1. The first-order valence-corrected chi connectivity index (χ1v) is 12.3. The molecule has 0 radical (unpaired) electrons. The molecule has 0 spiro atoms. The molecule has 6 N–H and O–H groups in total. The van der Waals surface area contributed by atoms with Crippen molar-refractivity contribution in [3.8, 4) is 5.75 Å². The fourth-order valence-corrected chi connectivity index (χ4v) is 4.57. The van der Waals surface area contributed by atoms with Crippen LogP contribution in [0.2, 0.25) is 0 Å². The molecular weight excluding hydrogens is 482 g/mol. The number of nitrogens with zero attached hydrogens (tertiary/aromatic N) is 4. The Bertz CT molecular complexity index is 1360. The number of hydrogen-bond donors (Lipinski definition) is 6. The third-order valence-corrected chi connectivity index (χ3v) is 6.74. The van der Waals surface area contributed by atoms with Crippen molar-refractivity contribution in [3.05, 3.63) is 42.5 Å². The van der Waals surface area contributed by atoms with Gasteiger partial charge < -0.3 is 25.4 Å². The Morgan fingerprint density at radius 2 is 1.91 bits per heavy atom. The minimum atomic E-state index is -4.37. The van der Waals surface area contributed by atoms with Gasteiger partial charge in [-0.25, -0.2) is 19.7 Å². The Labute approximate surface area is 199 Å². The van der Waals surface area contributed by atoms with E-state index in [9.17, 15) is 28.5 Å². The van der Waals surface area contributed by atoms with E-state index >= 15 is 0 Å². The second-order valence-corrected chi connectivity index (χ2v) is 9.81. The van der Waals surface area contributed by atoms with E-state index in [1.54, 1.807) is 4.72 Å². The first-order valence-electron chi connectivity index (χ1n) is 10.8. The summed E-state index contributed by atoms with van der Waals surface area (Å²) in [6.07, 6.45) is -0.272. The third kappa shape index (κ3) is 4.76. The molecule has 2 aromatic heterocycles. The average Bonchev–Trinajstić information content (AvgIpc) is 3.46. The zero-order chi connectivity index (χ0) is 24.7. The van der Waals surface area contributed by atoms with Crippen LogP contribution < -0.4 is 14.8 Å². The van der Waals surface area contributed by atoms with Gasteiger partial charge in [-0.3, -0.25) is 9.36 Å². The summed E-state index contributed by atoms with van der Waals surface area (Å²) in [6, 6.07) is 5.79. The van der Waals surface area contributed by atoms with Crippen LogP contribution in [0.15, 0.2) is 36.9 Å². The van der Waals surface area contributed by atoms with Gasteiger partial charge in [-0.2, -0.15) is 13.1 Å². The molecule has 3 aromatic rings. The number of carbonyl (C=O) groups excluding carboxylic acids is 1. The Kier molecular flexibility index (Phi) is 6.02. The molecule has 186 valence electrons. The van der Waals surface area contributed by atoms with Crippen LogP contribution in [0.25, 0.3) is 11.2 Å². The molecule has 1 amide bonds. The van der Waals surface area contributed by atoms with Crippen LogP contribution in [0.4, 0.5) is 5.82 Å². The fourth-order valence-electron chi connectivity index (χ4n) is 3.76. The molecule has 4 atom stereocenters. The number of benzene rings is 1. The first-order chi connectivity index (χ1) is 16.7. The van der Waals surface area contributed by atoms with Gasteiger partial charge in [0.25, 0.3) is 5.91 Å². The molecule has 3 heterocycles. The number of amides is 1. The zero-order valence-electron chi connectivity index (χ0n) is 18.1. The lowest BCUT2D eigenvalue weighted by atomic mass is 10.1. The van der Waals surface area contributed by atoms with Gasteiger partial charge in [-0.05, 0) is 25.0 Å². The normalized spacial score (nSPS) is 24.5. The SMILES string of the molecule is O=C(NS(=O)(=O)NC[C@H]1O[C@@H](n2cnc3c(NC4CC4)ncnc32)[C@H](O)[C@@H]1O)c1ccccc1O. The van der Waals surface area contributed by atoms with Crippen LogP contribution in [-0.2, 0) is 14.9 Å². The average molecular weight is 506 g/mol. The number of aromatic nitrogens is 4. The summed E-state index contributed by atoms with van der Waals surface area (Å²) < 4.78 is 35.7. The number of para-hydroxylation sites is 1. The minimum absolute atomic E-state index is 0.227. The number of aromatic hydroxyl groups is 1. The summed E-state index contributed by atoms with van der Waals surface area (Å²) in [5, 5.41) is 34.0. The molecule has 0 bridgehead atoms. The molecule has 1 aromatic carbocycles. The quantitative estimate of drug-likeness (QED) is 0.219.